The lowest BCUT2D eigenvalue weighted by Crippen LogP contribution is -2.35. The van der Waals surface area contributed by atoms with E-state index < -0.39 is 0 Å². The van der Waals surface area contributed by atoms with Gasteiger partial charge in [-0.1, -0.05) is 13.8 Å². The summed E-state index contributed by atoms with van der Waals surface area (Å²) < 4.78 is 6.91. The second-order valence-corrected chi connectivity index (χ2v) is 4.35. The fourth-order valence-corrected chi connectivity index (χ4v) is 1.42. The molecular weight excluding hydrogens is 218 g/mol. The van der Waals surface area contributed by atoms with Gasteiger partial charge < -0.3 is 14.6 Å². The first-order valence-corrected chi connectivity index (χ1v) is 5.92. The summed E-state index contributed by atoms with van der Waals surface area (Å²) in [7, 11) is 1.71. The third-order valence-electron chi connectivity index (χ3n) is 2.65. The van der Waals surface area contributed by atoms with Gasteiger partial charge in [-0.2, -0.15) is 0 Å². The van der Waals surface area contributed by atoms with Crippen LogP contribution in [0.5, 0.6) is 0 Å². The topological polar surface area (TPSA) is 56.1 Å². The highest BCUT2D eigenvalue weighted by Gasteiger charge is 2.15. The molecular formula is C12H21N3O2. The molecule has 0 fully saturated rings. The maximum atomic E-state index is 11.8. The van der Waals surface area contributed by atoms with Crippen molar-refractivity contribution in [3.63, 3.8) is 0 Å². The zero-order valence-electron chi connectivity index (χ0n) is 10.9. The maximum absolute atomic E-state index is 11.8. The molecule has 0 radical (unpaired) electrons. The number of aromatic nitrogens is 2. The summed E-state index contributed by atoms with van der Waals surface area (Å²) in [6.45, 7) is 7.38. The number of aryl methyl sites for hydroxylation is 1. The van der Waals surface area contributed by atoms with Crippen molar-refractivity contribution in [3.8, 4) is 0 Å². The van der Waals surface area contributed by atoms with E-state index in [-0.39, 0.29) is 11.6 Å². The molecule has 0 bridgehead atoms. The van der Waals surface area contributed by atoms with Gasteiger partial charge in [-0.15, -0.1) is 0 Å². The molecule has 0 aliphatic heterocycles. The molecule has 1 rings (SSSR count). The van der Waals surface area contributed by atoms with Crippen LogP contribution in [0.3, 0.4) is 0 Å². The van der Waals surface area contributed by atoms with Crippen molar-refractivity contribution >= 4 is 5.82 Å². The van der Waals surface area contributed by atoms with Crippen LogP contribution in [0.15, 0.2) is 17.2 Å². The Balaban J connectivity index is 2.79. The van der Waals surface area contributed by atoms with E-state index in [4.69, 9.17) is 4.74 Å². The fourth-order valence-electron chi connectivity index (χ4n) is 1.42. The van der Waals surface area contributed by atoms with Crippen molar-refractivity contribution < 1.29 is 4.74 Å². The highest BCUT2D eigenvalue weighted by atomic mass is 16.5. The molecule has 1 unspecified atom stereocenters. The number of nitrogens with zero attached hydrogens (tertiary/aromatic N) is 2. The largest absolute Gasteiger partial charge is 0.380 e. The normalized spacial score (nSPS) is 12.8. The summed E-state index contributed by atoms with van der Waals surface area (Å²) in [5, 5.41) is 3.15. The van der Waals surface area contributed by atoms with Gasteiger partial charge in [0, 0.05) is 26.0 Å². The van der Waals surface area contributed by atoms with Crippen molar-refractivity contribution in [3.05, 3.63) is 22.7 Å². The van der Waals surface area contributed by atoms with Gasteiger partial charge in [0.2, 0.25) is 0 Å². The first-order valence-electron chi connectivity index (χ1n) is 5.92. The van der Waals surface area contributed by atoms with E-state index in [9.17, 15) is 4.79 Å². The molecule has 0 amide bonds. The Kier molecular flexibility index (Phi) is 5.15. The van der Waals surface area contributed by atoms with Gasteiger partial charge in [-0.05, 0) is 12.8 Å². The predicted octanol–water partition coefficient (Wildman–Crippen LogP) is 1.25. The number of ether oxygens (including phenoxy) is 1. The van der Waals surface area contributed by atoms with Crippen molar-refractivity contribution in [2.45, 2.75) is 26.8 Å². The SMILES string of the molecule is CCOCC(Nc1nccn(C)c1=O)C(C)C. The quantitative estimate of drug-likeness (QED) is 0.812. The van der Waals surface area contributed by atoms with E-state index in [2.05, 4.69) is 24.1 Å². The summed E-state index contributed by atoms with van der Waals surface area (Å²) in [4.78, 5) is 15.9. The summed E-state index contributed by atoms with van der Waals surface area (Å²) >= 11 is 0. The molecule has 0 aromatic carbocycles. The molecule has 1 atom stereocenters. The lowest BCUT2D eigenvalue weighted by atomic mass is 10.1. The first-order chi connectivity index (χ1) is 8.06. The van der Waals surface area contributed by atoms with Gasteiger partial charge in [-0.3, -0.25) is 4.79 Å². The lowest BCUT2D eigenvalue weighted by Gasteiger charge is -2.22. The van der Waals surface area contributed by atoms with Crippen LogP contribution in [-0.2, 0) is 11.8 Å². The van der Waals surface area contributed by atoms with Gasteiger partial charge in [0.15, 0.2) is 5.82 Å². The van der Waals surface area contributed by atoms with E-state index in [0.29, 0.717) is 24.9 Å². The van der Waals surface area contributed by atoms with Crippen molar-refractivity contribution in [2.24, 2.45) is 13.0 Å². The molecule has 0 aliphatic rings. The third-order valence-corrected chi connectivity index (χ3v) is 2.65. The van der Waals surface area contributed by atoms with Crippen LogP contribution in [0.4, 0.5) is 5.82 Å². The molecule has 0 aliphatic carbocycles. The van der Waals surface area contributed by atoms with Gasteiger partial charge in [-0.25, -0.2) is 4.98 Å². The first kappa shape index (κ1) is 13.7. The lowest BCUT2D eigenvalue weighted by molar-refractivity contribution is 0.126. The van der Waals surface area contributed by atoms with Gasteiger partial charge in [0.05, 0.1) is 12.6 Å². The molecule has 0 spiro atoms. The third kappa shape index (κ3) is 3.85. The van der Waals surface area contributed by atoms with Crippen LogP contribution in [0.1, 0.15) is 20.8 Å². The minimum absolute atomic E-state index is 0.0950. The van der Waals surface area contributed by atoms with Crippen molar-refractivity contribution in [1.29, 1.82) is 0 Å². The Morgan fingerprint density at radius 2 is 2.24 bits per heavy atom. The highest BCUT2D eigenvalue weighted by Crippen LogP contribution is 2.07. The number of rotatable bonds is 6. The average molecular weight is 239 g/mol. The van der Waals surface area contributed by atoms with E-state index in [1.807, 2.05) is 6.92 Å². The smallest absolute Gasteiger partial charge is 0.293 e. The Bertz CT molecular complexity index is 401. The van der Waals surface area contributed by atoms with Crippen molar-refractivity contribution in [2.75, 3.05) is 18.5 Å². The summed E-state index contributed by atoms with van der Waals surface area (Å²) in [6.07, 6.45) is 3.25. The Labute approximate surface area is 102 Å². The minimum Gasteiger partial charge on any atom is -0.380 e. The summed E-state index contributed by atoms with van der Waals surface area (Å²) in [5.74, 6) is 0.752. The Morgan fingerprint density at radius 1 is 1.53 bits per heavy atom. The van der Waals surface area contributed by atoms with E-state index >= 15 is 0 Å². The summed E-state index contributed by atoms with van der Waals surface area (Å²) in [6, 6.07) is 0.0950. The second-order valence-electron chi connectivity index (χ2n) is 4.35. The summed E-state index contributed by atoms with van der Waals surface area (Å²) in [5.41, 5.74) is -0.116. The van der Waals surface area contributed by atoms with Crippen molar-refractivity contribution in [1.82, 2.24) is 9.55 Å². The van der Waals surface area contributed by atoms with Gasteiger partial charge in [0.1, 0.15) is 0 Å². The van der Waals surface area contributed by atoms with E-state index in [0.717, 1.165) is 0 Å². The van der Waals surface area contributed by atoms with Crippen LogP contribution in [0.2, 0.25) is 0 Å². The van der Waals surface area contributed by atoms with Crippen LogP contribution in [0, 0.1) is 5.92 Å². The molecule has 1 aromatic heterocycles. The number of hydrogen-bond acceptors (Lipinski definition) is 4. The molecule has 5 nitrogen and oxygen atoms in total. The highest BCUT2D eigenvalue weighted by molar-refractivity contribution is 5.32. The van der Waals surface area contributed by atoms with Crippen LogP contribution in [-0.4, -0.2) is 28.8 Å². The fraction of sp³-hybridized carbons (Fsp3) is 0.667. The number of anilines is 1. The Hall–Kier alpha value is -1.36. The van der Waals surface area contributed by atoms with Crippen LogP contribution in [0.25, 0.3) is 0 Å². The molecule has 0 saturated carbocycles. The molecule has 17 heavy (non-hydrogen) atoms. The number of hydrogen-bond donors (Lipinski definition) is 1. The second kappa shape index (κ2) is 6.39. The monoisotopic (exact) mass is 239 g/mol. The van der Waals surface area contributed by atoms with E-state index in [1.54, 1.807) is 19.4 Å². The Morgan fingerprint density at radius 3 is 2.82 bits per heavy atom. The van der Waals surface area contributed by atoms with E-state index in [1.165, 1.54) is 4.57 Å². The predicted molar refractivity (Wildman–Crippen MR) is 68.2 cm³/mol. The van der Waals surface area contributed by atoms with Gasteiger partial charge >= 0.3 is 0 Å². The molecule has 5 heteroatoms. The molecule has 96 valence electrons. The molecule has 1 N–H and O–H groups in total. The standard InChI is InChI=1S/C12H21N3O2/c1-5-17-8-10(9(2)3)14-11-12(16)15(4)7-6-13-11/h6-7,9-10H,5,8H2,1-4H3,(H,13,14). The zero-order valence-corrected chi connectivity index (χ0v) is 10.9. The average Bonchev–Trinajstić information content (AvgIpc) is 2.29. The van der Waals surface area contributed by atoms with Crippen LogP contribution >= 0.6 is 0 Å². The number of nitrogens with one attached hydrogen (secondary N) is 1. The zero-order chi connectivity index (χ0) is 12.8. The maximum Gasteiger partial charge on any atom is 0.293 e. The molecule has 1 heterocycles. The minimum atomic E-state index is -0.116. The molecule has 0 saturated heterocycles. The molecule has 1 aromatic rings. The van der Waals surface area contributed by atoms with Gasteiger partial charge in [0.25, 0.3) is 5.56 Å². The van der Waals surface area contributed by atoms with Crippen LogP contribution < -0.4 is 10.9 Å².